The quantitative estimate of drug-likeness (QED) is 0.845. The van der Waals surface area contributed by atoms with E-state index in [1.807, 2.05) is 30.3 Å². The molecule has 0 bridgehead atoms. The van der Waals surface area contributed by atoms with Crippen LogP contribution in [0.5, 0.6) is 11.5 Å². The third-order valence-electron chi connectivity index (χ3n) is 3.82. The molecule has 0 amide bonds. The summed E-state index contributed by atoms with van der Waals surface area (Å²) in [6.07, 6.45) is -0.0654. The van der Waals surface area contributed by atoms with Crippen LogP contribution in [0.2, 0.25) is 0 Å². The van der Waals surface area contributed by atoms with Gasteiger partial charge in [-0.15, -0.1) is 0 Å². The number of fused-ring (bicyclic) bond motifs is 1. The fourth-order valence-electron chi connectivity index (χ4n) is 2.36. The molecule has 0 radical (unpaired) electrons. The fraction of sp³-hybridized carbons (Fsp3) is 0.278. The smallest absolute Gasteiger partial charge is 0.170 e. The van der Waals surface area contributed by atoms with Gasteiger partial charge in [0, 0.05) is 5.69 Å². The summed E-state index contributed by atoms with van der Waals surface area (Å²) >= 11 is 5.34. The number of para-hydroxylation sites is 2. The number of rotatable bonds is 3. The average Bonchev–Trinajstić information content (AvgIpc) is 2.56. The molecule has 5 heteroatoms. The Kier molecular flexibility index (Phi) is 4.67. The van der Waals surface area contributed by atoms with E-state index in [1.165, 1.54) is 11.1 Å². The molecule has 2 aromatic carbocycles. The van der Waals surface area contributed by atoms with E-state index in [9.17, 15) is 0 Å². The first-order valence-electron chi connectivity index (χ1n) is 7.62. The standard InChI is InChI=1S/C18H20N2O2S/c1-12-7-8-14(9-13(12)2)20-18(23)19-10-15-11-21-16-5-3-4-6-17(16)22-15/h3-9,15H,10-11H2,1-2H3,(H2,19,20,23)/t15-/m1/s1. The average molecular weight is 328 g/mol. The van der Waals surface area contributed by atoms with Crippen molar-refractivity contribution in [2.24, 2.45) is 0 Å². The van der Waals surface area contributed by atoms with Gasteiger partial charge in [0.25, 0.3) is 0 Å². The largest absolute Gasteiger partial charge is 0.486 e. The van der Waals surface area contributed by atoms with Crippen molar-refractivity contribution in [1.82, 2.24) is 5.32 Å². The Morgan fingerprint density at radius 3 is 2.70 bits per heavy atom. The van der Waals surface area contributed by atoms with Crippen LogP contribution >= 0.6 is 12.2 Å². The van der Waals surface area contributed by atoms with E-state index >= 15 is 0 Å². The van der Waals surface area contributed by atoms with Crippen molar-refractivity contribution in [2.45, 2.75) is 20.0 Å². The lowest BCUT2D eigenvalue weighted by atomic mass is 10.1. The van der Waals surface area contributed by atoms with E-state index in [0.29, 0.717) is 18.3 Å². The van der Waals surface area contributed by atoms with E-state index in [0.717, 1.165) is 17.2 Å². The van der Waals surface area contributed by atoms with E-state index in [4.69, 9.17) is 21.7 Å². The molecule has 0 spiro atoms. The van der Waals surface area contributed by atoms with Gasteiger partial charge in [-0.3, -0.25) is 0 Å². The van der Waals surface area contributed by atoms with Crippen LogP contribution in [-0.2, 0) is 0 Å². The lowest BCUT2D eigenvalue weighted by Crippen LogP contribution is -2.42. The van der Waals surface area contributed by atoms with E-state index < -0.39 is 0 Å². The second-order valence-corrected chi connectivity index (χ2v) is 6.04. The van der Waals surface area contributed by atoms with Gasteiger partial charge in [0.05, 0.1) is 6.54 Å². The van der Waals surface area contributed by atoms with Crippen LogP contribution in [0.25, 0.3) is 0 Å². The summed E-state index contributed by atoms with van der Waals surface area (Å²) in [5, 5.41) is 6.95. The van der Waals surface area contributed by atoms with Gasteiger partial charge in [-0.25, -0.2) is 0 Å². The van der Waals surface area contributed by atoms with Crippen LogP contribution in [0.3, 0.4) is 0 Å². The molecule has 0 saturated carbocycles. The topological polar surface area (TPSA) is 42.5 Å². The summed E-state index contributed by atoms with van der Waals surface area (Å²) in [7, 11) is 0. The summed E-state index contributed by atoms with van der Waals surface area (Å²) in [4.78, 5) is 0. The summed E-state index contributed by atoms with van der Waals surface area (Å²) in [5.74, 6) is 1.57. The summed E-state index contributed by atoms with van der Waals surface area (Å²) in [6, 6.07) is 13.9. The molecule has 2 N–H and O–H groups in total. The Morgan fingerprint density at radius 1 is 1.13 bits per heavy atom. The molecule has 1 heterocycles. The Morgan fingerprint density at radius 2 is 1.91 bits per heavy atom. The zero-order chi connectivity index (χ0) is 16.2. The Labute approximate surface area is 141 Å². The fourth-order valence-corrected chi connectivity index (χ4v) is 2.57. The van der Waals surface area contributed by atoms with E-state index in [-0.39, 0.29) is 6.10 Å². The third-order valence-corrected chi connectivity index (χ3v) is 4.07. The first-order valence-corrected chi connectivity index (χ1v) is 8.03. The van der Waals surface area contributed by atoms with Gasteiger partial charge >= 0.3 is 0 Å². The molecule has 0 aliphatic carbocycles. The molecular formula is C18H20N2O2S. The number of aryl methyl sites for hydroxylation is 2. The first kappa shape index (κ1) is 15.6. The van der Waals surface area contributed by atoms with Gasteiger partial charge in [-0.2, -0.15) is 0 Å². The Hall–Kier alpha value is -2.27. The number of nitrogens with one attached hydrogen (secondary N) is 2. The van der Waals surface area contributed by atoms with Crippen molar-refractivity contribution in [3.63, 3.8) is 0 Å². The van der Waals surface area contributed by atoms with Gasteiger partial charge < -0.3 is 20.1 Å². The van der Waals surface area contributed by atoms with Crippen molar-refractivity contribution in [3.8, 4) is 11.5 Å². The van der Waals surface area contributed by atoms with Crippen molar-refractivity contribution in [1.29, 1.82) is 0 Å². The molecule has 4 nitrogen and oxygen atoms in total. The van der Waals surface area contributed by atoms with Crippen molar-refractivity contribution in [2.75, 3.05) is 18.5 Å². The van der Waals surface area contributed by atoms with Crippen LogP contribution in [0.1, 0.15) is 11.1 Å². The Bertz CT molecular complexity index is 718. The second kappa shape index (κ2) is 6.87. The monoisotopic (exact) mass is 328 g/mol. The minimum Gasteiger partial charge on any atom is -0.486 e. The number of anilines is 1. The molecule has 1 aliphatic heterocycles. The predicted octanol–water partition coefficient (Wildman–Crippen LogP) is 3.43. The van der Waals surface area contributed by atoms with Crippen LogP contribution in [0.4, 0.5) is 5.69 Å². The zero-order valence-corrected chi connectivity index (χ0v) is 14.1. The molecule has 0 fully saturated rings. The SMILES string of the molecule is Cc1ccc(NC(=S)NC[C@@H]2COc3ccccc3O2)cc1C. The van der Waals surface area contributed by atoms with Crippen LogP contribution in [0, 0.1) is 13.8 Å². The number of ether oxygens (including phenoxy) is 2. The molecule has 2 aromatic rings. The predicted molar refractivity (Wildman–Crippen MR) is 96.5 cm³/mol. The summed E-state index contributed by atoms with van der Waals surface area (Å²) in [5.41, 5.74) is 3.48. The minimum absolute atomic E-state index is 0.0654. The zero-order valence-electron chi connectivity index (χ0n) is 13.3. The van der Waals surface area contributed by atoms with Gasteiger partial charge in [0.2, 0.25) is 0 Å². The molecule has 120 valence electrons. The molecule has 0 unspecified atom stereocenters. The maximum absolute atomic E-state index is 5.89. The number of hydrogen-bond donors (Lipinski definition) is 2. The van der Waals surface area contributed by atoms with Crippen molar-refractivity contribution in [3.05, 3.63) is 53.6 Å². The molecule has 3 rings (SSSR count). The second-order valence-electron chi connectivity index (χ2n) is 5.63. The molecule has 23 heavy (non-hydrogen) atoms. The maximum atomic E-state index is 5.89. The van der Waals surface area contributed by atoms with Gasteiger partial charge in [-0.1, -0.05) is 18.2 Å². The number of hydrogen-bond acceptors (Lipinski definition) is 3. The van der Waals surface area contributed by atoms with Gasteiger partial charge in [0.15, 0.2) is 16.6 Å². The number of benzene rings is 2. The Balaban J connectivity index is 1.51. The highest BCUT2D eigenvalue weighted by Gasteiger charge is 2.20. The van der Waals surface area contributed by atoms with Crippen LogP contribution in [-0.4, -0.2) is 24.4 Å². The molecule has 0 saturated heterocycles. The van der Waals surface area contributed by atoms with Gasteiger partial charge in [0.1, 0.15) is 12.7 Å². The maximum Gasteiger partial charge on any atom is 0.170 e. The number of thiocarbonyl (C=S) groups is 1. The molecule has 0 aromatic heterocycles. The molecule has 1 atom stereocenters. The summed E-state index contributed by atoms with van der Waals surface area (Å²) in [6.45, 7) is 5.27. The van der Waals surface area contributed by atoms with Crippen molar-refractivity contribution < 1.29 is 9.47 Å². The summed E-state index contributed by atoms with van der Waals surface area (Å²) < 4.78 is 11.6. The first-order chi connectivity index (χ1) is 11.1. The molecular weight excluding hydrogens is 308 g/mol. The van der Waals surface area contributed by atoms with Crippen LogP contribution < -0.4 is 20.1 Å². The highest BCUT2D eigenvalue weighted by Crippen LogP contribution is 2.30. The van der Waals surface area contributed by atoms with E-state index in [2.05, 4.69) is 36.6 Å². The highest BCUT2D eigenvalue weighted by molar-refractivity contribution is 7.80. The minimum atomic E-state index is -0.0654. The van der Waals surface area contributed by atoms with Gasteiger partial charge in [-0.05, 0) is 61.5 Å². The molecule has 1 aliphatic rings. The normalized spacial score (nSPS) is 15.8. The lowest BCUT2D eigenvalue weighted by Gasteiger charge is -2.27. The third kappa shape index (κ3) is 3.93. The van der Waals surface area contributed by atoms with Crippen LogP contribution in [0.15, 0.2) is 42.5 Å². The van der Waals surface area contributed by atoms with Crippen molar-refractivity contribution >= 4 is 23.0 Å². The highest BCUT2D eigenvalue weighted by atomic mass is 32.1. The van der Waals surface area contributed by atoms with E-state index in [1.54, 1.807) is 0 Å². The lowest BCUT2D eigenvalue weighted by molar-refractivity contribution is 0.0939.